The maximum Gasteiger partial charge on any atom is 0.281 e. The first kappa shape index (κ1) is 21.5. The zero-order valence-electron chi connectivity index (χ0n) is 15.9. The molecule has 2 aliphatic rings. The van der Waals surface area contributed by atoms with Crippen molar-refractivity contribution in [1.82, 2.24) is 9.97 Å². The van der Waals surface area contributed by atoms with E-state index in [1.165, 1.54) is 18.2 Å². The van der Waals surface area contributed by atoms with Crippen molar-refractivity contribution in [3.8, 4) is 0 Å². The minimum Gasteiger partial charge on any atom is -0.379 e. The first-order chi connectivity index (χ1) is 14.8. The molecule has 4 rings (SSSR count). The molecule has 1 saturated heterocycles. The minimum atomic E-state index is -2.80. The Labute approximate surface area is 178 Å². The monoisotopic (exact) mass is 455 g/mol. The van der Waals surface area contributed by atoms with Crippen LogP contribution in [0.15, 0.2) is 35.6 Å². The van der Waals surface area contributed by atoms with Crippen LogP contribution >= 0.6 is 11.8 Å². The van der Waals surface area contributed by atoms with Crippen LogP contribution in [0, 0.1) is 11.7 Å². The molecule has 31 heavy (non-hydrogen) atoms. The number of hydrogen-bond donors (Lipinski definition) is 2. The van der Waals surface area contributed by atoms with Gasteiger partial charge < -0.3 is 15.8 Å². The van der Waals surface area contributed by atoms with Crippen LogP contribution in [0.2, 0.25) is 0 Å². The third kappa shape index (κ3) is 3.97. The lowest BCUT2D eigenvalue weighted by molar-refractivity contribution is 0.0701. The van der Waals surface area contributed by atoms with Gasteiger partial charge in [0.25, 0.3) is 12.3 Å². The van der Waals surface area contributed by atoms with Crippen molar-refractivity contribution < 1.29 is 27.1 Å². The van der Waals surface area contributed by atoms with Gasteiger partial charge in [-0.15, -0.1) is 0 Å². The summed E-state index contributed by atoms with van der Waals surface area (Å²) in [5.74, 6) is -1.71. The standard InChI is InChI=1S/C19H17F4N5O2S/c20-4-15-11-5-27-18(24)31-19(11,8-30-15)10-3-9(1-2-12(10)21)28-17(29)14-7-25-13(6-26-14)16(22)23/h1-3,6-7,11,15-16H,4-5,8H2,(H2,24,27)(H,28,29)/t11-,15+,19+/m0/s1. The lowest BCUT2D eigenvalue weighted by atomic mass is 9.83. The van der Waals surface area contributed by atoms with Crippen LogP contribution in [-0.4, -0.2) is 47.0 Å². The normalized spacial score (nSPS) is 25.3. The summed E-state index contributed by atoms with van der Waals surface area (Å²) in [5.41, 5.74) is 5.58. The van der Waals surface area contributed by atoms with Gasteiger partial charge in [-0.05, 0) is 18.2 Å². The Kier molecular flexibility index (Phi) is 5.84. The molecule has 164 valence electrons. The number of carbonyl (C=O) groups is 1. The third-order valence-corrected chi connectivity index (χ3v) is 6.59. The summed E-state index contributed by atoms with van der Waals surface area (Å²) < 4.78 is 58.1. The Hall–Kier alpha value is -2.73. The number of thioether (sulfide) groups is 1. The van der Waals surface area contributed by atoms with Crippen molar-refractivity contribution in [3.05, 3.63) is 53.4 Å². The van der Waals surface area contributed by atoms with Gasteiger partial charge in [0.2, 0.25) is 0 Å². The van der Waals surface area contributed by atoms with Crippen molar-refractivity contribution in [1.29, 1.82) is 0 Å². The fourth-order valence-electron chi connectivity index (χ4n) is 3.71. The van der Waals surface area contributed by atoms with Crippen LogP contribution in [-0.2, 0) is 9.48 Å². The number of hydrogen-bond acceptors (Lipinski definition) is 7. The molecule has 1 amide bonds. The van der Waals surface area contributed by atoms with E-state index in [9.17, 15) is 22.4 Å². The van der Waals surface area contributed by atoms with E-state index in [-0.39, 0.29) is 35.3 Å². The van der Waals surface area contributed by atoms with Gasteiger partial charge in [0.15, 0.2) is 5.17 Å². The number of alkyl halides is 3. The number of amidine groups is 1. The van der Waals surface area contributed by atoms with E-state index in [2.05, 4.69) is 20.3 Å². The highest BCUT2D eigenvalue weighted by Crippen LogP contribution is 2.53. The van der Waals surface area contributed by atoms with Crippen molar-refractivity contribution in [2.45, 2.75) is 17.3 Å². The number of nitrogens with two attached hydrogens (primary N) is 1. The number of rotatable bonds is 5. The zero-order valence-corrected chi connectivity index (χ0v) is 16.7. The molecule has 12 heteroatoms. The van der Waals surface area contributed by atoms with Gasteiger partial charge in [-0.1, -0.05) is 11.8 Å². The molecule has 2 aromatic rings. The molecule has 0 bridgehead atoms. The molecule has 3 atom stereocenters. The van der Waals surface area contributed by atoms with E-state index < -0.39 is 47.3 Å². The van der Waals surface area contributed by atoms with E-state index in [1.54, 1.807) is 0 Å². The van der Waals surface area contributed by atoms with Gasteiger partial charge in [-0.3, -0.25) is 14.8 Å². The highest BCUT2D eigenvalue weighted by Gasteiger charge is 2.54. The lowest BCUT2D eigenvalue weighted by Gasteiger charge is -2.37. The molecular formula is C19H17F4N5O2S. The molecular weight excluding hydrogens is 438 g/mol. The summed E-state index contributed by atoms with van der Waals surface area (Å²) in [5, 5.41) is 2.78. The van der Waals surface area contributed by atoms with Gasteiger partial charge in [0, 0.05) is 23.7 Å². The number of carbonyl (C=O) groups excluding carboxylic acids is 1. The fourth-order valence-corrected chi connectivity index (χ4v) is 4.99. The van der Waals surface area contributed by atoms with Crippen molar-refractivity contribution in [2.24, 2.45) is 16.6 Å². The summed E-state index contributed by atoms with van der Waals surface area (Å²) in [4.78, 5) is 23.8. The number of aromatic nitrogens is 2. The number of nitrogens with zero attached hydrogens (tertiary/aromatic N) is 3. The second kappa shape index (κ2) is 8.42. The second-order valence-corrected chi connectivity index (χ2v) is 8.41. The quantitative estimate of drug-likeness (QED) is 0.672. The van der Waals surface area contributed by atoms with Crippen LogP contribution in [0.4, 0.5) is 23.2 Å². The van der Waals surface area contributed by atoms with E-state index >= 15 is 0 Å². The molecule has 0 unspecified atom stereocenters. The van der Waals surface area contributed by atoms with E-state index in [0.717, 1.165) is 24.2 Å². The number of ether oxygens (including phenoxy) is 1. The van der Waals surface area contributed by atoms with Gasteiger partial charge in [0.1, 0.15) is 23.9 Å². The largest absolute Gasteiger partial charge is 0.379 e. The second-order valence-electron chi connectivity index (χ2n) is 7.06. The summed E-state index contributed by atoms with van der Waals surface area (Å²) in [6.07, 6.45) is -1.80. The number of halogens is 4. The Morgan fingerprint density at radius 2 is 2.16 bits per heavy atom. The highest BCUT2D eigenvalue weighted by molar-refractivity contribution is 8.14. The summed E-state index contributed by atoms with van der Waals surface area (Å²) in [6.45, 7) is -0.523. The lowest BCUT2D eigenvalue weighted by Crippen LogP contribution is -2.42. The molecule has 0 spiro atoms. The number of amides is 1. The van der Waals surface area contributed by atoms with Crippen LogP contribution in [0.1, 0.15) is 28.2 Å². The Morgan fingerprint density at radius 1 is 1.35 bits per heavy atom. The molecule has 1 aromatic heterocycles. The van der Waals surface area contributed by atoms with Crippen LogP contribution in [0.5, 0.6) is 0 Å². The molecule has 1 aromatic carbocycles. The van der Waals surface area contributed by atoms with Crippen LogP contribution in [0.3, 0.4) is 0 Å². The van der Waals surface area contributed by atoms with E-state index in [1.807, 2.05) is 0 Å². The van der Waals surface area contributed by atoms with E-state index in [0.29, 0.717) is 0 Å². The minimum absolute atomic E-state index is 0.0298. The Balaban J connectivity index is 1.63. The molecule has 7 nitrogen and oxygen atoms in total. The topological polar surface area (TPSA) is 102 Å². The molecule has 0 radical (unpaired) electrons. The average Bonchev–Trinajstić information content (AvgIpc) is 3.13. The van der Waals surface area contributed by atoms with Crippen LogP contribution < -0.4 is 11.1 Å². The van der Waals surface area contributed by atoms with Crippen LogP contribution in [0.25, 0.3) is 0 Å². The molecule has 3 N–H and O–H groups in total. The molecule has 0 aliphatic carbocycles. The predicted molar refractivity (Wildman–Crippen MR) is 106 cm³/mol. The number of nitrogens with one attached hydrogen (secondary N) is 1. The van der Waals surface area contributed by atoms with E-state index in [4.69, 9.17) is 10.5 Å². The maximum absolute atomic E-state index is 14.9. The molecule has 2 aliphatic heterocycles. The molecule has 3 heterocycles. The molecule has 1 fully saturated rings. The summed E-state index contributed by atoms with van der Waals surface area (Å²) >= 11 is 1.11. The first-order valence-corrected chi connectivity index (χ1v) is 10.0. The zero-order chi connectivity index (χ0) is 22.2. The number of benzene rings is 1. The number of aliphatic imine (C=N–C) groups is 1. The first-order valence-electron chi connectivity index (χ1n) is 9.22. The smallest absolute Gasteiger partial charge is 0.281 e. The Morgan fingerprint density at radius 3 is 2.84 bits per heavy atom. The van der Waals surface area contributed by atoms with Gasteiger partial charge >= 0.3 is 0 Å². The average molecular weight is 455 g/mol. The number of fused-ring (bicyclic) bond motifs is 1. The Bertz CT molecular complexity index is 1020. The van der Waals surface area contributed by atoms with Crippen molar-refractivity contribution >= 4 is 28.5 Å². The predicted octanol–water partition coefficient (Wildman–Crippen LogP) is 3.05. The van der Waals surface area contributed by atoms with Gasteiger partial charge in [0.05, 0.1) is 29.9 Å². The molecule has 0 saturated carbocycles. The fraction of sp³-hybridized carbons (Fsp3) is 0.368. The summed E-state index contributed by atoms with van der Waals surface area (Å²) in [7, 11) is 0. The highest BCUT2D eigenvalue weighted by atomic mass is 32.2. The van der Waals surface area contributed by atoms with Gasteiger partial charge in [-0.2, -0.15) is 0 Å². The summed E-state index contributed by atoms with van der Waals surface area (Å²) in [6, 6.07) is 3.95. The number of anilines is 1. The third-order valence-electron chi connectivity index (χ3n) is 5.25. The van der Waals surface area contributed by atoms with Crippen molar-refractivity contribution in [2.75, 3.05) is 25.1 Å². The van der Waals surface area contributed by atoms with Gasteiger partial charge in [-0.25, -0.2) is 22.5 Å². The maximum atomic E-state index is 14.9. The van der Waals surface area contributed by atoms with Crippen molar-refractivity contribution in [3.63, 3.8) is 0 Å². The SMILES string of the molecule is NC1=NC[C@H]2[C@@H](CF)OC[C@]2(c2cc(NC(=O)c3cnc(C(F)F)cn3)ccc2F)S1.